The van der Waals surface area contributed by atoms with Gasteiger partial charge in [-0.1, -0.05) is 24.3 Å². The van der Waals surface area contributed by atoms with Crippen molar-refractivity contribution >= 4 is 17.5 Å². The van der Waals surface area contributed by atoms with Crippen molar-refractivity contribution in [1.29, 1.82) is 0 Å². The zero-order valence-electron chi connectivity index (χ0n) is 15.2. The van der Waals surface area contributed by atoms with Crippen LogP contribution in [0, 0.1) is 0 Å². The number of nitrogens with one attached hydrogen (secondary N) is 2. The van der Waals surface area contributed by atoms with Crippen LogP contribution in [-0.4, -0.2) is 35.9 Å². The van der Waals surface area contributed by atoms with E-state index in [4.69, 9.17) is 9.47 Å². The van der Waals surface area contributed by atoms with Crippen molar-refractivity contribution in [3.63, 3.8) is 0 Å². The van der Waals surface area contributed by atoms with E-state index in [1.807, 2.05) is 48.5 Å². The molecule has 1 aromatic heterocycles. The quantitative estimate of drug-likeness (QED) is 0.563. The van der Waals surface area contributed by atoms with Gasteiger partial charge >= 0.3 is 0 Å². The van der Waals surface area contributed by atoms with Gasteiger partial charge in [-0.2, -0.15) is 4.98 Å². The van der Waals surface area contributed by atoms with Crippen molar-refractivity contribution in [2.45, 2.75) is 6.04 Å². The highest BCUT2D eigenvalue weighted by atomic mass is 16.5. The van der Waals surface area contributed by atoms with Gasteiger partial charge in [0.2, 0.25) is 5.95 Å². The molecule has 0 bridgehead atoms. The molecule has 7 heteroatoms. The number of rotatable bonds is 8. The predicted octanol–water partition coefficient (Wildman–Crippen LogP) is 3.38. The summed E-state index contributed by atoms with van der Waals surface area (Å²) in [5.74, 6) is 2.44. The van der Waals surface area contributed by atoms with Crippen molar-refractivity contribution in [2.75, 3.05) is 31.5 Å². The molecule has 2 aromatic carbocycles. The van der Waals surface area contributed by atoms with Gasteiger partial charge in [-0.25, -0.2) is 4.98 Å². The molecule has 0 radical (unpaired) electrons. The van der Waals surface area contributed by atoms with Gasteiger partial charge in [0.25, 0.3) is 0 Å². The van der Waals surface area contributed by atoms with E-state index in [0.717, 1.165) is 17.0 Å². The summed E-state index contributed by atoms with van der Waals surface area (Å²) in [6.07, 6.45) is 1.65. The number of nitrogens with zero attached hydrogens (tertiary/aromatic N) is 2. The zero-order chi connectivity index (χ0) is 19.1. The molecule has 0 amide bonds. The maximum Gasteiger partial charge on any atom is 0.229 e. The topological polar surface area (TPSA) is 88.5 Å². The molecule has 0 saturated heterocycles. The van der Waals surface area contributed by atoms with Crippen molar-refractivity contribution in [1.82, 2.24) is 9.97 Å². The van der Waals surface area contributed by atoms with Crippen LogP contribution in [0.15, 0.2) is 60.8 Å². The molecule has 1 atom stereocenters. The molecule has 1 heterocycles. The molecule has 0 aliphatic heterocycles. The van der Waals surface area contributed by atoms with E-state index >= 15 is 0 Å². The summed E-state index contributed by atoms with van der Waals surface area (Å²) >= 11 is 0. The monoisotopic (exact) mass is 366 g/mol. The summed E-state index contributed by atoms with van der Waals surface area (Å²) in [6.45, 7) is -0.0908. The minimum Gasteiger partial charge on any atom is -0.497 e. The third-order valence-corrected chi connectivity index (χ3v) is 4.01. The normalized spacial score (nSPS) is 11.5. The van der Waals surface area contributed by atoms with E-state index in [1.165, 1.54) is 0 Å². The Kier molecular flexibility index (Phi) is 6.06. The van der Waals surface area contributed by atoms with Gasteiger partial charge in [0.05, 0.1) is 32.6 Å². The molecule has 7 nitrogen and oxygen atoms in total. The van der Waals surface area contributed by atoms with E-state index in [0.29, 0.717) is 17.5 Å². The van der Waals surface area contributed by atoms with Crippen LogP contribution in [0.5, 0.6) is 11.5 Å². The Labute approximate surface area is 158 Å². The maximum atomic E-state index is 9.80. The largest absolute Gasteiger partial charge is 0.497 e. The number of methoxy groups -OCH3 is 2. The maximum absolute atomic E-state index is 9.80. The third-order valence-electron chi connectivity index (χ3n) is 4.01. The van der Waals surface area contributed by atoms with Crippen LogP contribution in [-0.2, 0) is 0 Å². The Hall–Kier alpha value is -3.32. The van der Waals surface area contributed by atoms with Gasteiger partial charge in [-0.15, -0.1) is 0 Å². The van der Waals surface area contributed by atoms with Crippen LogP contribution in [0.3, 0.4) is 0 Å². The molecule has 0 saturated carbocycles. The second kappa shape index (κ2) is 8.86. The highest BCUT2D eigenvalue weighted by molar-refractivity contribution is 5.63. The Morgan fingerprint density at radius 2 is 1.89 bits per heavy atom. The number of aliphatic hydroxyl groups is 1. The lowest BCUT2D eigenvalue weighted by Gasteiger charge is -2.18. The van der Waals surface area contributed by atoms with Crippen LogP contribution >= 0.6 is 0 Å². The first-order valence-corrected chi connectivity index (χ1v) is 8.48. The van der Waals surface area contributed by atoms with Gasteiger partial charge in [0.1, 0.15) is 17.3 Å². The molecule has 1 unspecified atom stereocenters. The minimum absolute atomic E-state index is 0.0908. The number of ether oxygens (including phenoxy) is 2. The summed E-state index contributed by atoms with van der Waals surface area (Å²) in [5.41, 5.74) is 1.67. The SMILES string of the molecule is COc1cccc(C(CO)Nc2ccnc(Nc3ccccc3OC)n2)c1. The Bertz CT molecular complexity index is 888. The second-order valence-corrected chi connectivity index (χ2v) is 5.75. The lowest BCUT2D eigenvalue weighted by Crippen LogP contribution is -2.16. The Morgan fingerprint density at radius 1 is 1.04 bits per heavy atom. The summed E-state index contributed by atoms with van der Waals surface area (Å²) < 4.78 is 10.6. The number of aliphatic hydroxyl groups excluding tert-OH is 1. The Morgan fingerprint density at radius 3 is 2.67 bits per heavy atom. The van der Waals surface area contributed by atoms with Crippen LogP contribution in [0.2, 0.25) is 0 Å². The van der Waals surface area contributed by atoms with E-state index in [2.05, 4.69) is 20.6 Å². The van der Waals surface area contributed by atoms with Crippen LogP contribution < -0.4 is 20.1 Å². The Balaban J connectivity index is 1.78. The van der Waals surface area contributed by atoms with Crippen LogP contribution in [0.4, 0.5) is 17.5 Å². The summed E-state index contributed by atoms with van der Waals surface area (Å²) in [5, 5.41) is 16.2. The number of benzene rings is 2. The fourth-order valence-electron chi connectivity index (χ4n) is 2.64. The standard InChI is InChI=1S/C20H22N4O3/c1-26-15-7-5-6-14(12-15)17(13-25)22-19-10-11-21-20(24-19)23-16-8-3-4-9-18(16)27-2/h3-12,17,25H,13H2,1-2H3,(H2,21,22,23,24). The van der Waals surface area contributed by atoms with Gasteiger partial charge < -0.3 is 25.2 Å². The van der Waals surface area contributed by atoms with Crippen LogP contribution in [0.1, 0.15) is 11.6 Å². The first kappa shape index (κ1) is 18.5. The third kappa shape index (κ3) is 4.65. The second-order valence-electron chi connectivity index (χ2n) is 5.75. The van der Waals surface area contributed by atoms with E-state index in [-0.39, 0.29) is 12.6 Å². The molecule has 0 fully saturated rings. The van der Waals surface area contributed by atoms with Crippen LogP contribution in [0.25, 0.3) is 0 Å². The first-order valence-electron chi connectivity index (χ1n) is 8.48. The van der Waals surface area contributed by atoms with Crippen molar-refractivity contribution in [2.24, 2.45) is 0 Å². The summed E-state index contributed by atoms with van der Waals surface area (Å²) in [6, 6.07) is 16.5. The van der Waals surface area contributed by atoms with Gasteiger partial charge in [-0.3, -0.25) is 0 Å². The zero-order valence-corrected chi connectivity index (χ0v) is 15.2. The molecular formula is C20H22N4O3. The lowest BCUT2D eigenvalue weighted by atomic mass is 10.1. The molecule has 27 heavy (non-hydrogen) atoms. The molecule has 0 aliphatic carbocycles. The number of hydrogen-bond donors (Lipinski definition) is 3. The van der Waals surface area contributed by atoms with E-state index < -0.39 is 0 Å². The molecule has 0 spiro atoms. The predicted molar refractivity (Wildman–Crippen MR) is 105 cm³/mol. The minimum atomic E-state index is -0.325. The van der Waals surface area contributed by atoms with Gasteiger partial charge in [0.15, 0.2) is 0 Å². The summed E-state index contributed by atoms with van der Waals surface area (Å²) in [4.78, 5) is 8.71. The van der Waals surface area contributed by atoms with Crippen molar-refractivity contribution < 1.29 is 14.6 Å². The average Bonchev–Trinajstić information content (AvgIpc) is 2.72. The number of hydrogen-bond acceptors (Lipinski definition) is 7. The van der Waals surface area contributed by atoms with Crippen molar-refractivity contribution in [3.05, 3.63) is 66.4 Å². The molecule has 140 valence electrons. The highest BCUT2D eigenvalue weighted by Crippen LogP contribution is 2.26. The highest BCUT2D eigenvalue weighted by Gasteiger charge is 2.13. The number of anilines is 3. The van der Waals surface area contributed by atoms with Crippen molar-refractivity contribution in [3.8, 4) is 11.5 Å². The van der Waals surface area contributed by atoms with E-state index in [1.54, 1.807) is 26.5 Å². The first-order chi connectivity index (χ1) is 13.2. The fourth-order valence-corrected chi connectivity index (χ4v) is 2.64. The molecule has 0 aliphatic rings. The molecule has 3 N–H and O–H groups in total. The molecule has 3 rings (SSSR count). The number of para-hydroxylation sites is 2. The number of aromatic nitrogens is 2. The van der Waals surface area contributed by atoms with E-state index in [9.17, 15) is 5.11 Å². The fraction of sp³-hybridized carbons (Fsp3) is 0.200. The smallest absolute Gasteiger partial charge is 0.229 e. The lowest BCUT2D eigenvalue weighted by molar-refractivity contribution is 0.276. The molecular weight excluding hydrogens is 344 g/mol. The molecule has 3 aromatic rings. The average molecular weight is 366 g/mol. The van der Waals surface area contributed by atoms with Gasteiger partial charge in [-0.05, 0) is 35.9 Å². The van der Waals surface area contributed by atoms with Gasteiger partial charge in [0, 0.05) is 6.20 Å². The summed E-state index contributed by atoms with van der Waals surface area (Å²) in [7, 11) is 3.22.